The molecule has 0 aliphatic carbocycles. The summed E-state index contributed by atoms with van der Waals surface area (Å²) in [6.45, 7) is 0. The van der Waals surface area contributed by atoms with Crippen LogP contribution < -0.4 is 9.96 Å². The molecule has 0 heterocycles. The Morgan fingerprint density at radius 1 is 1.41 bits per heavy atom. The van der Waals surface area contributed by atoms with E-state index in [1.165, 1.54) is 7.11 Å². The van der Waals surface area contributed by atoms with Gasteiger partial charge >= 0.3 is 13.5 Å². The monoisotopic (exact) mass is 249 g/mol. The molecule has 0 unspecified atom stereocenters. The van der Waals surface area contributed by atoms with E-state index < -0.39 is 25.2 Å². The summed E-state index contributed by atoms with van der Waals surface area (Å²) in [6, 6.07) is 3.02. The molecule has 0 atom stereocenters. The Labute approximate surface area is 95.0 Å². The number of carbonyl (C=O) groups is 1. The molecule has 0 radical (unpaired) electrons. The van der Waals surface area contributed by atoms with Crippen LogP contribution in [0.5, 0.6) is 5.75 Å². The molecular formula is C9H8BF4NO2. The third-order valence-corrected chi connectivity index (χ3v) is 1.86. The van der Waals surface area contributed by atoms with Gasteiger partial charge in [-0.2, -0.15) is 13.2 Å². The maximum Gasteiger partial charge on any atom is 0.365 e. The number of nitrogens with one attached hydrogen (secondary N) is 1. The molecule has 0 saturated carbocycles. The number of carbonyl (C=O) groups excluding carboxylic acids is 1. The maximum absolute atomic E-state index is 12.9. The molecule has 1 aromatic carbocycles. The Balaban J connectivity index is 2.84. The fourth-order valence-corrected chi connectivity index (χ4v) is 1.13. The van der Waals surface area contributed by atoms with Crippen molar-refractivity contribution < 1.29 is 27.1 Å². The summed E-state index contributed by atoms with van der Waals surface area (Å²) in [6.07, 6.45) is -4.52. The number of benzene rings is 1. The van der Waals surface area contributed by atoms with Crippen LogP contribution >= 0.6 is 0 Å². The average molecular weight is 249 g/mol. The number of halogens is 4. The first-order chi connectivity index (χ1) is 7.83. The van der Waals surface area contributed by atoms with Gasteiger partial charge in [-0.15, -0.1) is 0 Å². The lowest BCUT2D eigenvalue weighted by Crippen LogP contribution is -2.37. The van der Waals surface area contributed by atoms with Crippen LogP contribution in [0.1, 0.15) is 10.4 Å². The van der Waals surface area contributed by atoms with E-state index in [0.29, 0.717) is 0 Å². The van der Waals surface area contributed by atoms with Crippen LogP contribution in [0.4, 0.5) is 17.6 Å². The van der Waals surface area contributed by atoms with Crippen LogP contribution in [-0.4, -0.2) is 26.5 Å². The van der Waals surface area contributed by atoms with Gasteiger partial charge in [0.2, 0.25) is 5.91 Å². The molecule has 0 aliphatic heterocycles. The van der Waals surface area contributed by atoms with E-state index in [-0.39, 0.29) is 11.3 Å². The number of hydrogen-bond donors (Lipinski definition) is 1. The molecule has 0 aliphatic rings. The van der Waals surface area contributed by atoms with Crippen LogP contribution in [0.25, 0.3) is 0 Å². The molecule has 3 nitrogen and oxygen atoms in total. The average Bonchev–Trinajstić information content (AvgIpc) is 2.25. The summed E-state index contributed by atoms with van der Waals surface area (Å²) in [5.74, 6) is -1.77. The Kier molecular flexibility index (Phi) is 3.98. The highest BCUT2D eigenvalue weighted by Crippen LogP contribution is 2.19. The van der Waals surface area contributed by atoms with Crippen molar-refractivity contribution in [1.82, 2.24) is 5.23 Å². The molecule has 0 fully saturated rings. The van der Waals surface area contributed by atoms with Crippen molar-refractivity contribution in [3.05, 3.63) is 29.6 Å². The summed E-state index contributed by atoms with van der Waals surface area (Å²) in [7, 11) is -0.251. The van der Waals surface area contributed by atoms with Gasteiger partial charge < -0.3 is 9.96 Å². The lowest BCUT2D eigenvalue weighted by atomic mass is 9.93. The molecule has 0 saturated heterocycles. The minimum absolute atomic E-state index is 0.00562. The van der Waals surface area contributed by atoms with Gasteiger partial charge in [-0.05, 0) is 18.2 Å². The molecule has 8 heteroatoms. The molecule has 1 aromatic rings. The van der Waals surface area contributed by atoms with Crippen molar-refractivity contribution in [1.29, 1.82) is 0 Å². The lowest BCUT2D eigenvalue weighted by Gasteiger charge is -2.10. The standard InChI is InChI=1S/C9H8BF4NO2/c1-17-7-3-2-5(11)4-6(7)8(16)15-10-9(12,13)14/h2-4,10H,1H3,(H,15,16). The van der Waals surface area contributed by atoms with Gasteiger partial charge in [-0.1, -0.05) is 0 Å². The number of methoxy groups -OCH3 is 1. The molecule has 17 heavy (non-hydrogen) atoms. The van der Waals surface area contributed by atoms with Crippen molar-refractivity contribution >= 4 is 13.3 Å². The van der Waals surface area contributed by atoms with Crippen molar-refractivity contribution in [2.75, 3.05) is 7.11 Å². The highest BCUT2D eigenvalue weighted by atomic mass is 19.4. The number of alkyl halides is 3. The zero-order valence-electron chi connectivity index (χ0n) is 8.77. The van der Waals surface area contributed by atoms with E-state index in [0.717, 1.165) is 18.2 Å². The smallest absolute Gasteiger partial charge is 0.365 e. The Morgan fingerprint density at radius 3 is 2.59 bits per heavy atom. The second kappa shape index (κ2) is 5.07. The summed E-state index contributed by atoms with van der Waals surface area (Å²) in [5.41, 5.74) is -0.281. The van der Waals surface area contributed by atoms with Crippen LogP contribution in [0.2, 0.25) is 0 Å². The Morgan fingerprint density at radius 2 is 2.06 bits per heavy atom. The van der Waals surface area contributed by atoms with Crippen molar-refractivity contribution in [3.8, 4) is 5.75 Å². The number of ether oxygens (including phenoxy) is 1. The van der Waals surface area contributed by atoms with E-state index in [1.807, 2.05) is 0 Å². The highest BCUT2D eigenvalue weighted by Gasteiger charge is 2.31. The van der Waals surface area contributed by atoms with Crippen LogP contribution in [-0.2, 0) is 0 Å². The van der Waals surface area contributed by atoms with E-state index in [4.69, 9.17) is 4.74 Å². The summed E-state index contributed by atoms with van der Waals surface area (Å²) >= 11 is 0. The van der Waals surface area contributed by atoms with Gasteiger partial charge in [-0.25, -0.2) is 4.39 Å². The molecule has 0 spiro atoms. The molecule has 1 N–H and O–H groups in total. The van der Waals surface area contributed by atoms with Gasteiger partial charge in [0.25, 0.3) is 0 Å². The van der Waals surface area contributed by atoms with E-state index in [2.05, 4.69) is 0 Å². The Hall–Kier alpha value is -1.73. The molecule has 92 valence electrons. The lowest BCUT2D eigenvalue weighted by molar-refractivity contribution is -0.0483. The second-order valence-corrected chi connectivity index (χ2v) is 3.14. The molecular weight excluding hydrogens is 241 g/mol. The fraction of sp³-hybridized carbons (Fsp3) is 0.222. The minimum Gasteiger partial charge on any atom is -0.496 e. The maximum atomic E-state index is 12.9. The predicted octanol–water partition coefficient (Wildman–Crippen LogP) is 1.44. The van der Waals surface area contributed by atoms with Crippen LogP contribution in [0.15, 0.2) is 18.2 Å². The van der Waals surface area contributed by atoms with Gasteiger partial charge in [0.15, 0.2) is 0 Å². The van der Waals surface area contributed by atoms with Crippen LogP contribution in [0.3, 0.4) is 0 Å². The van der Waals surface area contributed by atoms with E-state index >= 15 is 0 Å². The van der Waals surface area contributed by atoms with Gasteiger partial charge in [-0.3, -0.25) is 4.79 Å². The Bertz CT molecular complexity index is 422. The van der Waals surface area contributed by atoms with Crippen molar-refractivity contribution in [2.45, 2.75) is 6.08 Å². The first-order valence-electron chi connectivity index (χ1n) is 4.52. The largest absolute Gasteiger partial charge is 0.496 e. The van der Waals surface area contributed by atoms with Gasteiger partial charge in [0.1, 0.15) is 11.6 Å². The topological polar surface area (TPSA) is 38.3 Å². The molecule has 0 bridgehead atoms. The summed E-state index contributed by atoms with van der Waals surface area (Å²) in [5, 5.41) is 1.63. The molecule has 0 aromatic heterocycles. The van der Waals surface area contributed by atoms with E-state index in [9.17, 15) is 22.4 Å². The first kappa shape index (κ1) is 13.3. The molecule has 1 rings (SSSR count). The number of rotatable bonds is 3. The number of hydrogen-bond acceptors (Lipinski definition) is 2. The SMILES string of the molecule is COc1ccc(F)cc1C(=O)NBC(F)(F)F. The number of amides is 1. The normalized spacial score (nSPS) is 10.9. The fourth-order valence-electron chi connectivity index (χ4n) is 1.13. The predicted molar refractivity (Wildman–Crippen MR) is 53.6 cm³/mol. The third-order valence-electron chi connectivity index (χ3n) is 1.86. The second-order valence-electron chi connectivity index (χ2n) is 3.14. The van der Waals surface area contributed by atoms with Crippen molar-refractivity contribution in [2.24, 2.45) is 0 Å². The minimum atomic E-state index is -4.52. The quantitative estimate of drug-likeness (QED) is 0.650. The van der Waals surface area contributed by atoms with E-state index in [1.54, 1.807) is 5.23 Å². The first-order valence-corrected chi connectivity index (χ1v) is 4.52. The summed E-state index contributed by atoms with van der Waals surface area (Å²) < 4.78 is 53.2. The van der Waals surface area contributed by atoms with Crippen LogP contribution in [0, 0.1) is 5.82 Å². The van der Waals surface area contributed by atoms with Gasteiger partial charge in [0, 0.05) is 0 Å². The third kappa shape index (κ3) is 3.97. The highest BCUT2D eigenvalue weighted by molar-refractivity contribution is 6.40. The summed E-state index contributed by atoms with van der Waals surface area (Å²) in [4.78, 5) is 11.4. The van der Waals surface area contributed by atoms with Crippen molar-refractivity contribution in [3.63, 3.8) is 0 Å². The zero-order valence-corrected chi connectivity index (χ0v) is 8.77. The zero-order chi connectivity index (χ0) is 13.1. The molecule has 1 amide bonds. The van der Waals surface area contributed by atoms with Gasteiger partial charge in [0.05, 0.1) is 12.7 Å².